The first kappa shape index (κ1) is 11.5. The van der Waals surface area contributed by atoms with Crippen molar-refractivity contribution in [3.8, 4) is 11.1 Å². The molecule has 1 aliphatic rings. The molecule has 0 aromatic heterocycles. The molecule has 0 radical (unpaired) electrons. The first-order chi connectivity index (χ1) is 9.24. The van der Waals surface area contributed by atoms with Crippen LogP contribution in [0.2, 0.25) is 0 Å². The molecule has 1 atom stereocenters. The van der Waals surface area contributed by atoms with Crippen molar-refractivity contribution >= 4 is 12.1 Å². The lowest BCUT2D eigenvalue weighted by molar-refractivity contribution is -0.135. The smallest absolute Gasteiger partial charge is 0.374 e. The van der Waals surface area contributed by atoms with Crippen LogP contribution in [0.1, 0.15) is 11.6 Å². The minimum absolute atomic E-state index is 0.558. The lowest BCUT2D eigenvalue weighted by Gasteiger charge is -2.07. The van der Waals surface area contributed by atoms with E-state index in [1.165, 1.54) is 0 Å². The zero-order chi connectivity index (χ0) is 13.2. The van der Waals surface area contributed by atoms with Crippen molar-refractivity contribution in [1.82, 2.24) is 5.32 Å². The molecule has 94 valence electrons. The van der Waals surface area contributed by atoms with Gasteiger partial charge in [-0.1, -0.05) is 54.6 Å². The van der Waals surface area contributed by atoms with Crippen LogP contribution < -0.4 is 5.32 Å². The molecule has 1 fully saturated rings. The molecule has 19 heavy (non-hydrogen) atoms. The Morgan fingerprint density at radius 1 is 0.842 bits per heavy atom. The fourth-order valence-electron chi connectivity index (χ4n) is 2.07. The number of hydrogen-bond donors (Lipinski definition) is 1. The third-order valence-corrected chi connectivity index (χ3v) is 3.04. The summed E-state index contributed by atoms with van der Waals surface area (Å²) >= 11 is 0. The fourth-order valence-corrected chi connectivity index (χ4v) is 2.07. The summed E-state index contributed by atoms with van der Waals surface area (Å²) in [7, 11) is 0. The second-order valence-corrected chi connectivity index (χ2v) is 4.27. The van der Waals surface area contributed by atoms with Crippen molar-refractivity contribution in [3.05, 3.63) is 60.2 Å². The van der Waals surface area contributed by atoms with Crippen LogP contribution in [0.15, 0.2) is 54.6 Å². The number of carbonyl (C=O) groups is 2. The van der Waals surface area contributed by atoms with Gasteiger partial charge in [0.1, 0.15) is 0 Å². The summed E-state index contributed by atoms with van der Waals surface area (Å²) < 4.78 is 4.45. The first-order valence-corrected chi connectivity index (χ1v) is 5.91. The molecular weight excluding hydrogens is 242 g/mol. The van der Waals surface area contributed by atoms with E-state index in [1.807, 2.05) is 54.6 Å². The Balaban J connectivity index is 1.87. The van der Waals surface area contributed by atoms with E-state index in [-0.39, 0.29) is 0 Å². The second kappa shape index (κ2) is 4.57. The van der Waals surface area contributed by atoms with Crippen LogP contribution in [0.4, 0.5) is 4.79 Å². The van der Waals surface area contributed by atoms with Gasteiger partial charge in [-0.3, -0.25) is 0 Å². The van der Waals surface area contributed by atoms with Crippen molar-refractivity contribution in [1.29, 1.82) is 0 Å². The van der Waals surface area contributed by atoms with Gasteiger partial charge in [0.2, 0.25) is 0 Å². The predicted octanol–water partition coefficient (Wildman–Crippen LogP) is 2.66. The van der Waals surface area contributed by atoms with Gasteiger partial charge >= 0.3 is 12.1 Å². The molecule has 2 aromatic rings. The number of amides is 1. The van der Waals surface area contributed by atoms with E-state index in [1.54, 1.807) is 0 Å². The van der Waals surface area contributed by atoms with Crippen LogP contribution in [-0.2, 0) is 9.53 Å². The molecule has 1 unspecified atom stereocenters. The summed E-state index contributed by atoms with van der Waals surface area (Å²) in [5, 5.41) is 2.47. The minimum atomic E-state index is -0.697. The minimum Gasteiger partial charge on any atom is -0.374 e. The number of carbonyl (C=O) groups excluding carboxylic acids is 2. The topological polar surface area (TPSA) is 55.4 Å². The number of esters is 1. The van der Waals surface area contributed by atoms with E-state index >= 15 is 0 Å². The maximum Gasteiger partial charge on any atom is 0.415 e. The second-order valence-electron chi connectivity index (χ2n) is 4.27. The zero-order valence-electron chi connectivity index (χ0n) is 10.00. The van der Waals surface area contributed by atoms with Gasteiger partial charge in [-0.25, -0.2) is 9.59 Å². The number of benzene rings is 2. The molecule has 1 N–H and O–H groups in total. The van der Waals surface area contributed by atoms with E-state index in [0.717, 1.165) is 16.7 Å². The first-order valence-electron chi connectivity index (χ1n) is 5.91. The van der Waals surface area contributed by atoms with Crippen molar-refractivity contribution in [2.75, 3.05) is 0 Å². The summed E-state index contributed by atoms with van der Waals surface area (Å²) in [6.07, 6.45) is -0.692. The van der Waals surface area contributed by atoms with Gasteiger partial charge in [0.25, 0.3) is 0 Å². The van der Waals surface area contributed by atoms with Crippen molar-refractivity contribution in [3.63, 3.8) is 0 Å². The number of ether oxygens (including phenoxy) is 1. The lowest BCUT2D eigenvalue weighted by atomic mass is 10.0. The van der Waals surface area contributed by atoms with Gasteiger partial charge in [0.15, 0.2) is 6.04 Å². The van der Waals surface area contributed by atoms with E-state index in [2.05, 4.69) is 10.1 Å². The highest BCUT2D eigenvalue weighted by atomic mass is 16.6. The number of hydrogen-bond acceptors (Lipinski definition) is 3. The highest BCUT2D eigenvalue weighted by molar-refractivity contribution is 5.96. The molecule has 4 nitrogen and oxygen atoms in total. The van der Waals surface area contributed by atoms with E-state index in [0.29, 0.717) is 0 Å². The van der Waals surface area contributed by atoms with Gasteiger partial charge in [-0.15, -0.1) is 0 Å². The standard InChI is InChI=1S/C15H11NO3/c17-14-13(16-15(18)19-14)12-8-6-11(7-9-12)10-4-2-1-3-5-10/h1-9,13H,(H,16,18). The maximum atomic E-state index is 11.4. The third-order valence-electron chi connectivity index (χ3n) is 3.04. The van der Waals surface area contributed by atoms with Crippen LogP contribution >= 0.6 is 0 Å². The Bertz CT molecular complexity index is 620. The van der Waals surface area contributed by atoms with E-state index in [9.17, 15) is 9.59 Å². The number of rotatable bonds is 2. The Hall–Kier alpha value is -2.62. The average molecular weight is 253 g/mol. The molecule has 1 saturated heterocycles. The summed E-state index contributed by atoms with van der Waals surface area (Å²) in [5.74, 6) is -0.558. The molecule has 1 aliphatic heterocycles. The normalized spacial score (nSPS) is 18.0. The van der Waals surface area contributed by atoms with Gasteiger partial charge in [-0.2, -0.15) is 0 Å². The monoisotopic (exact) mass is 253 g/mol. The Labute approximate surface area is 110 Å². The van der Waals surface area contributed by atoms with Crippen molar-refractivity contribution in [2.24, 2.45) is 0 Å². The molecule has 0 bridgehead atoms. The molecule has 3 rings (SSSR count). The molecular formula is C15H11NO3. The Morgan fingerprint density at radius 2 is 1.47 bits per heavy atom. The predicted molar refractivity (Wildman–Crippen MR) is 69.2 cm³/mol. The zero-order valence-corrected chi connectivity index (χ0v) is 10.00. The highest BCUT2D eigenvalue weighted by Crippen LogP contribution is 2.24. The maximum absolute atomic E-state index is 11.4. The van der Waals surface area contributed by atoms with Gasteiger partial charge in [-0.05, 0) is 16.7 Å². The molecule has 0 aliphatic carbocycles. The third kappa shape index (κ3) is 2.20. The van der Waals surface area contributed by atoms with Crippen molar-refractivity contribution < 1.29 is 14.3 Å². The lowest BCUT2D eigenvalue weighted by Crippen LogP contribution is -2.19. The van der Waals surface area contributed by atoms with Crippen LogP contribution in [-0.4, -0.2) is 12.1 Å². The van der Waals surface area contributed by atoms with Gasteiger partial charge in [0.05, 0.1) is 0 Å². The molecule has 0 saturated carbocycles. The number of cyclic esters (lactones) is 2. The van der Waals surface area contributed by atoms with E-state index in [4.69, 9.17) is 0 Å². The summed E-state index contributed by atoms with van der Waals surface area (Å²) in [6, 6.07) is 16.7. The quantitative estimate of drug-likeness (QED) is 0.661. The summed E-state index contributed by atoms with van der Waals surface area (Å²) in [6.45, 7) is 0. The van der Waals surface area contributed by atoms with Crippen LogP contribution in [0.25, 0.3) is 11.1 Å². The largest absolute Gasteiger partial charge is 0.415 e. The summed E-state index contributed by atoms with van der Waals surface area (Å²) in [5.41, 5.74) is 2.88. The highest BCUT2D eigenvalue weighted by Gasteiger charge is 2.33. The van der Waals surface area contributed by atoms with Crippen LogP contribution in [0, 0.1) is 0 Å². The van der Waals surface area contributed by atoms with Gasteiger partial charge < -0.3 is 10.1 Å². The SMILES string of the molecule is O=C1NC(c2ccc(-c3ccccc3)cc2)C(=O)O1. The molecule has 2 aromatic carbocycles. The van der Waals surface area contributed by atoms with Crippen LogP contribution in [0.3, 0.4) is 0 Å². The Kier molecular flexibility index (Phi) is 2.76. The molecule has 1 heterocycles. The summed E-state index contributed by atoms with van der Waals surface area (Å²) in [4.78, 5) is 22.4. The number of nitrogens with one attached hydrogen (secondary N) is 1. The van der Waals surface area contributed by atoms with Gasteiger partial charge in [0, 0.05) is 0 Å². The molecule has 1 amide bonds. The number of alkyl carbamates (subject to hydrolysis) is 1. The molecule has 4 heteroatoms. The Morgan fingerprint density at radius 3 is 2.05 bits per heavy atom. The van der Waals surface area contributed by atoms with Crippen molar-refractivity contribution in [2.45, 2.75) is 6.04 Å². The van der Waals surface area contributed by atoms with Crippen LogP contribution in [0.5, 0.6) is 0 Å². The average Bonchev–Trinajstić information content (AvgIpc) is 2.79. The van der Waals surface area contributed by atoms with E-state index < -0.39 is 18.1 Å². The molecule has 0 spiro atoms. The fraction of sp³-hybridized carbons (Fsp3) is 0.0667.